The van der Waals surface area contributed by atoms with E-state index in [1.165, 1.54) is 6.92 Å². The van der Waals surface area contributed by atoms with Gasteiger partial charge in [0.05, 0.1) is 0 Å². The molecule has 0 aliphatic rings. The van der Waals surface area contributed by atoms with Gasteiger partial charge in [-0.3, -0.25) is 4.79 Å². The Morgan fingerprint density at radius 1 is 1.22 bits per heavy atom. The first-order valence-electron chi connectivity index (χ1n) is 6.05. The topological polar surface area (TPSA) is 52.6 Å². The number of ether oxygens (including phenoxy) is 2. The highest BCUT2D eigenvalue weighted by atomic mass is 16.6. The average Bonchev–Trinajstić information content (AvgIpc) is 2.34. The Morgan fingerprint density at radius 2 is 1.94 bits per heavy atom. The lowest BCUT2D eigenvalue weighted by molar-refractivity contribution is -0.159. The lowest BCUT2D eigenvalue weighted by Crippen LogP contribution is -2.17. The maximum absolute atomic E-state index is 11.2. The van der Waals surface area contributed by atoms with Gasteiger partial charge in [-0.15, -0.1) is 0 Å². The summed E-state index contributed by atoms with van der Waals surface area (Å²) in [7, 11) is 0. The summed E-state index contributed by atoms with van der Waals surface area (Å²) >= 11 is 0. The summed E-state index contributed by atoms with van der Waals surface area (Å²) in [6.45, 7) is 3.06. The van der Waals surface area contributed by atoms with Crippen LogP contribution in [0.2, 0.25) is 0 Å². The fourth-order valence-electron chi connectivity index (χ4n) is 1.54. The zero-order valence-corrected chi connectivity index (χ0v) is 10.8. The maximum Gasteiger partial charge on any atom is 0.351 e. The molecule has 1 rings (SSSR count). The van der Waals surface area contributed by atoms with Crippen LogP contribution in [0.15, 0.2) is 24.3 Å². The fraction of sp³-hybridized carbons (Fsp3) is 0.429. The first-order chi connectivity index (χ1) is 8.63. The van der Waals surface area contributed by atoms with Gasteiger partial charge in [0.2, 0.25) is 0 Å². The second-order valence-corrected chi connectivity index (χ2v) is 3.97. The molecule has 4 nitrogen and oxygen atoms in total. The standard InChI is InChI=1S/C14H18O4/c1-3-4-7-12-8-5-6-9-13(12)17-10-14(16)18-11(2)15/h5-6,8-9H,3-4,7,10H2,1-2H3. The Balaban J connectivity index is 2.55. The van der Waals surface area contributed by atoms with E-state index in [1.807, 2.05) is 24.3 Å². The maximum atomic E-state index is 11.2. The van der Waals surface area contributed by atoms with Crippen molar-refractivity contribution in [3.05, 3.63) is 29.8 Å². The number of hydrogen-bond acceptors (Lipinski definition) is 4. The largest absolute Gasteiger partial charge is 0.482 e. The van der Waals surface area contributed by atoms with Crippen molar-refractivity contribution in [2.24, 2.45) is 0 Å². The molecule has 0 aliphatic heterocycles. The minimum Gasteiger partial charge on any atom is -0.482 e. The number of esters is 2. The number of unbranched alkanes of at least 4 members (excludes halogenated alkanes) is 1. The summed E-state index contributed by atoms with van der Waals surface area (Å²) in [4.78, 5) is 21.8. The van der Waals surface area contributed by atoms with Gasteiger partial charge in [-0.1, -0.05) is 31.5 Å². The fourth-order valence-corrected chi connectivity index (χ4v) is 1.54. The normalized spacial score (nSPS) is 9.89. The van der Waals surface area contributed by atoms with Crippen LogP contribution in [0.5, 0.6) is 5.75 Å². The molecular formula is C14H18O4. The van der Waals surface area contributed by atoms with Gasteiger partial charge in [-0.2, -0.15) is 0 Å². The molecule has 0 fully saturated rings. The van der Waals surface area contributed by atoms with E-state index >= 15 is 0 Å². The van der Waals surface area contributed by atoms with Gasteiger partial charge in [0.15, 0.2) is 6.61 Å². The average molecular weight is 250 g/mol. The molecule has 0 aromatic heterocycles. The van der Waals surface area contributed by atoms with Gasteiger partial charge >= 0.3 is 11.9 Å². The summed E-state index contributed by atoms with van der Waals surface area (Å²) in [6, 6.07) is 7.57. The Morgan fingerprint density at radius 3 is 2.61 bits per heavy atom. The molecule has 0 spiro atoms. The molecule has 0 heterocycles. The first-order valence-corrected chi connectivity index (χ1v) is 6.05. The number of rotatable bonds is 6. The predicted molar refractivity (Wildman–Crippen MR) is 67.3 cm³/mol. The van der Waals surface area contributed by atoms with Crippen LogP contribution >= 0.6 is 0 Å². The van der Waals surface area contributed by atoms with E-state index in [0.717, 1.165) is 24.8 Å². The smallest absolute Gasteiger partial charge is 0.351 e. The molecule has 0 saturated heterocycles. The molecule has 98 valence electrons. The lowest BCUT2D eigenvalue weighted by Gasteiger charge is -2.10. The van der Waals surface area contributed by atoms with Crippen molar-refractivity contribution in [1.29, 1.82) is 0 Å². The number of para-hydroxylation sites is 1. The third kappa shape index (κ3) is 4.99. The monoisotopic (exact) mass is 250 g/mol. The van der Waals surface area contributed by atoms with Crippen molar-refractivity contribution >= 4 is 11.9 Å². The highest BCUT2D eigenvalue weighted by Gasteiger charge is 2.09. The van der Waals surface area contributed by atoms with Gasteiger partial charge in [0, 0.05) is 6.92 Å². The Kier molecular flexibility index (Phi) is 5.91. The second-order valence-electron chi connectivity index (χ2n) is 3.97. The number of benzene rings is 1. The van der Waals surface area contributed by atoms with E-state index < -0.39 is 11.9 Å². The number of hydrogen-bond donors (Lipinski definition) is 0. The third-order valence-electron chi connectivity index (χ3n) is 2.38. The first kappa shape index (κ1) is 14.2. The number of carbonyl (C=O) groups is 2. The van der Waals surface area contributed by atoms with Gasteiger partial charge in [-0.05, 0) is 24.5 Å². The molecule has 18 heavy (non-hydrogen) atoms. The summed E-state index contributed by atoms with van der Waals surface area (Å²) in [5.41, 5.74) is 1.06. The van der Waals surface area contributed by atoms with Crippen LogP contribution in [0, 0.1) is 0 Å². The molecule has 0 aliphatic carbocycles. The van der Waals surface area contributed by atoms with E-state index in [4.69, 9.17) is 4.74 Å². The van der Waals surface area contributed by atoms with Crippen LogP contribution in [0.3, 0.4) is 0 Å². The molecule has 4 heteroatoms. The van der Waals surface area contributed by atoms with Crippen molar-refractivity contribution in [2.45, 2.75) is 33.1 Å². The molecule has 0 unspecified atom stereocenters. The summed E-state index contributed by atoms with van der Waals surface area (Å²) in [5, 5.41) is 0. The minimum absolute atomic E-state index is 0.247. The van der Waals surface area contributed by atoms with E-state index in [-0.39, 0.29) is 6.61 Å². The second kappa shape index (κ2) is 7.48. The lowest BCUT2D eigenvalue weighted by atomic mass is 10.1. The molecule has 0 saturated carbocycles. The number of aryl methyl sites for hydroxylation is 1. The van der Waals surface area contributed by atoms with Crippen LogP contribution in [-0.4, -0.2) is 18.5 Å². The third-order valence-corrected chi connectivity index (χ3v) is 2.38. The Bertz CT molecular complexity index is 412. The molecule has 0 N–H and O–H groups in total. The molecule has 0 radical (unpaired) electrons. The Labute approximate surface area is 107 Å². The van der Waals surface area contributed by atoms with Crippen molar-refractivity contribution in [3.63, 3.8) is 0 Å². The van der Waals surface area contributed by atoms with E-state index in [9.17, 15) is 9.59 Å². The van der Waals surface area contributed by atoms with Gasteiger partial charge in [0.1, 0.15) is 5.75 Å². The van der Waals surface area contributed by atoms with Crippen molar-refractivity contribution < 1.29 is 19.1 Å². The van der Waals surface area contributed by atoms with E-state index in [0.29, 0.717) is 5.75 Å². The zero-order valence-electron chi connectivity index (χ0n) is 10.8. The SMILES string of the molecule is CCCCc1ccccc1OCC(=O)OC(C)=O. The van der Waals surface area contributed by atoms with Gasteiger partial charge < -0.3 is 9.47 Å². The van der Waals surface area contributed by atoms with Crippen LogP contribution in [0.4, 0.5) is 0 Å². The number of carbonyl (C=O) groups excluding carboxylic acids is 2. The summed E-state index contributed by atoms with van der Waals surface area (Å²) < 4.78 is 9.76. The van der Waals surface area contributed by atoms with E-state index in [2.05, 4.69) is 11.7 Å². The van der Waals surface area contributed by atoms with E-state index in [1.54, 1.807) is 0 Å². The molecule has 0 bridgehead atoms. The van der Waals surface area contributed by atoms with Crippen molar-refractivity contribution in [2.75, 3.05) is 6.61 Å². The highest BCUT2D eigenvalue weighted by Crippen LogP contribution is 2.20. The van der Waals surface area contributed by atoms with Crippen molar-refractivity contribution in [1.82, 2.24) is 0 Å². The molecule has 0 atom stereocenters. The van der Waals surface area contributed by atoms with Gasteiger partial charge in [0.25, 0.3) is 0 Å². The minimum atomic E-state index is -0.673. The molecule has 1 aromatic carbocycles. The Hall–Kier alpha value is -1.84. The van der Waals surface area contributed by atoms with Crippen LogP contribution < -0.4 is 4.74 Å². The predicted octanol–water partition coefficient (Wildman–Crippen LogP) is 2.50. The summed E-state index contributed by atoms with van der Waals surface area (Å²) in [6.07, 6.45) is 3.08. The quantitative estimate of drug-likeness (QED) is 0.575. The van der Waals surface area contributed by atoms with Gasteiger partial charge in [-0.25, -0.2) is 4.79 Å². The summed E-state index contributed by atoms with van der Waals surface area (Å²) in [5.74, 6) is -0.623. The molecule has 0 amide bonds. The van der Waals surface area contributed by atoms with Crippen molar-refractivity contribution in [3.8, 4) is 5.75 Å². The molecule has 1 aromatic rings. The highest BCUT2D eigenvalue weighted by molar-refractivity contribution is 5.84. The van der Waals surface area contributed by atoms with Crippen LogP contribution in [-0.2, 0) is 20.7 Å². The van der Waals surface area contributed by atoms with Crippen LogP contribution in [0.1, 0.15) is 32.3 Å². The van der Waals surface area contributed by atoms with Crippen LogP contribution in [0.25, 0.3) is 0 Å². The molecular weight excluding hydrogens is 232 g/mol. The zero-order chi connectivity index (χ0) is 13.4.